The van der Waals surface area contributed by atoms with Gasteiger partial charge in [-0.05, 0) is 61.4 Å². The van der Waals surface area contributed by atoms with Crippen LogP contribution in [0.15, 0.2) is 53.7 Å². The van der Waals surface area contributed by atoms with Gasteiger partial charge in [0.1, 0.15) is 22.2 Å². The van der Waals surface area contributed by atoms with E-state index in [4.69, 9.17) is 42.1 Å². The van der Waals surface area contributed by atoms with E-state index in [0.29, 0.717) is 35.8 Å². The Morgan fingerprint density at radius 2 is 1.67 bits per heavy atom. The van der Waals surface area contributed by atoms with Crippen molar-refractivity contribution >= 4 is 39.2 Å². The van der Waals surface area contributed by atoms with E-state index in [1.807, 2.05) is 0 Å². The van der Waals surface area contributed by atoms with Crippen molar-refractivity contribution in [2.45, 2.75) is 55.8 Å². The van der Waals surface area contributed by atoms with E-state index in [0.717, 1.165) is 17.1 Å². The molecule has 2 aliphatic rings. The number of halogens is 4. The third kappa shape index (κ3) is 7.76. The van der Waals surface area contributed by atoms with E-state index in [1.54, 1.807) is 0 Å². The second-order valence-corrected chi connectivity index (χ2v) is 13.6. The number of benzene rings is 2. The first-order chi connectivity index (χ1) is 22.0. The van der Waals surface area contributed by atoms with Crippen LogP contribution in [0.25, 0.3) is 0 Å². The fourth-order valence-corrected chi connectivity index (χ4v) is 7.40. The summed E-state index contributed by atoms with van der Waals surface area (Å²) < 4.78 is 82.0. The first-order valence-corrected chi connectivity index (χ1v) is 16.7. The molecule has 1 aliphatic heterocycles. The number of esters is 1. The maximum atomic E-state index is 13.8. The lowest BCUT2D eigenvalue weighted by Gasteiger charge is -2.26. The maximum Gasteiger partial charge on any atom is 0.387 e. The number of hydrogen-bond donors (Lipinski definition) is 0. The molecule has 2 fully saturated rings. The Morgan fingerprint density at radius 3 is 2.33 bits per heavy atom. The summed E-state index contributed by atoms with van der Waals surface area (Å²) in [5, 5.41) is 0.546. The molecule has 2 atom stereocenters. The SMILES string of the molecule is COc1ccc(S(=O)(=O)N2CCC[C@H]2C(=O)O[C@@H](Cc2c(Cl)c[nH+]cc2Cl)c2ccc(OC(F)F)c(OCC3CC3)c2)cc1OC. The summed E-state index contributed by atoms with van der Waals surface area (Å²) in [4.78, 5) is 16.6. The number of rotatable bonds is 14. The van der Waals surface area contributed by atoms with Gasteiger partial charge in [0.05, 0.1) is 25.7 Å². The van der Waals surface area contributed by atoms with Gasteiger partial charge in [0.25, 0.3) is 0 Å². The van der Waals surface area contributed by atoms with Gasteiger partial charge in [0, 0.05) is 24.6 Å². The number of aromatic nitrogens is 1. The zero-order chi connectivity index (χ0) is 33.0. The molecule has 1 saturated heterocycles. The van der Waals surface area contributed by atoms with Crippen molar-refractivity contribution in [1.29, 1.82) is 0 Å². The van der Waals surface area contributed by atoms with Crippen molar-refractivity contribution < 1.29 is 50.7 Å². The molecule has 1 N–H and O–H groups in total. The Kier molecular flexibility index (Phi) is 10.8. The van der Waals surface area contributed by atoms with Crippen LogP contribution in [0, 0.1) is 5.92 Å². The molecule has 1 aliphatic carbocycles. The first-order valence-electron chi connectivity index (χ1n) is 14.5. The third-order valence-corrected chi connectivity index (χ3v) is 10.4. The van der Waals surface area contributed by atoms with E-state index in [9.17, 15) is 22.0 Å². The topological polar surface area (TPSA) is 115 Å². The van der Waals surface area contributed by atoms with Crippen LogP contribution in [-0.2, 0) is 26.0 Å². The largest absolute Gasteiger partial charge is 0.493 e. The number of carbonyl (C=O) groups is 1. The Bertz CT molecular complexity index is 1660. The summed E-state index contributed by atoms with van der Waals surface area (Å²) >= 11 is 12.9. The number of carbonyl (C=O) groups excluding carboxylic acids is 1. The first kappa shape index (κ1) is 34.0. The van der Waals surface area contributed by atoms with Gasteiger partial charge in [-0.3, -0.25) is 4.79 Å². The highest BCUT2D eigenvalue weighted by atomic mass is 35.5. The van der Waals surface area contributed by atoms with Crippen molar-refractivity contribution in [3.63, 3.8) is 0 Å². The summed E-state index contributed by atoms with van der Waals surface area (Å²) in [5.74, 6) is -0.0241. The molecule has 5 rings (SSSR count). The van der Waals surface area contributed by atoms with Gasteiger partial charge in [-0.25, -0.2) is 13.4 Å². The second kappa shape index (κ2) is 14.6. The zero-order valence-electron chi connectivity index (χ0n) is 25.0. The van der Waals surface area contributed by atoms with E-state index in [-0.39, 0.29) is 51.6 Å². The van der Waals surface area contributed by atoms with E-state index >= 15 is 0 Å². The highest BCUT2D eigenvalue weighted by Gasteiger charge is 2.42. The van der Waals surface area contributed by atoms with Crippen LogP contribution in [0.4, 0.5) is 8.78 Å². The molecule has 248 valence electrons. The summed E-state index contributed by atoms with van der Waals surface area (Å²) in [6.45, 7) is -2.68. The number of methoxy groups -OCH3 is 2. The lowest BCUT2D eigenvalue weighted by molar-refractivity contribution is -0.377. The number of nitrogens with zero attached hydrogens (tertiary/aromatic N) is 1. The zero-order valence-corrected chi connectivity index (χ0v) is 27.3. The fraction of sp³-hybridized carbons (Fsp3) is 0.419. The number of alkyl halides is 2. The Balaban J connectivity index is 1.46. The van der Waals surface area contributed by atoms with Crippen LogP contribution in [-0.4, -0.2) is 58.7 Å². The number of aromatic amines is 1. The van der Waals surface area contributed by atoms with Gasteiger partial charge >= 0.3 is 12.6 Å². The number of sulfonamides is 1. The molecule has 2 aromatic carbocycles. The molecule has 10 nitrogen and oxygen atoms in total. The molecule has 3 aromatic rings. The molecule has 2 heterocycles. The van der Waals surface area contributed by atoms with Crippen LogP contribution in [0.3, 0.4) is 0 Å². The van der Waals surface area contributed by atoms with Crippen LogP contribution in [0.1, 0.15) is 42.9 Å². The lowest BCUT2D eigenvalue weighted by Crippen LogP contribution is -2.41. The van der Waals surface area contributed by atoms with Gasteiger partial charge in [-0.2, -0.15) is 13.1 Å². The fourth-order valence-electron chi connectivity index (χ4n) is 5.20. The monoisotopic (exact) mass is 701 g/mol. The molecule has 0 radical (unpaired) electrons. The van der Waals surface area contributed by atoms with Crippen LogP contribution < -0.4 is 23.9 Å². The van der Waals surface area contributed by atoms with Crippen LogP contribution in [0.2, 0.25) is 10.0 Å². The molecule has 15 heteroatoms. The predicted octanol–water partition coefficient (Wildman–Crippen LogP) is 5.90. The average molecular weight is 703 g/mol. The quantitative estimate of drug-likeness (QED) is 0.191. The molecular formula is C31H33Cl2F2N2O8S+. The number of H-pyrrole nitrogens is 1. The summed E-state index contributed by atoms with van der Waals surface area (Å²) in [6, 6.07) is 7.31. The molecular weight excluding hydrogens is 669 g/mol. The number of pyridine rings is 1. The standard InChI is InChI=1S/C31H32Cl2F2N2O8S/c1-41-25-10-8-20(13-28(25)42-2)46(39,40)37-11-3-4-24(37)30(38)44-27(14-21-22(32)15-36-16-23(21)33)19-7-9-26(45-31(34)35)29(12-19)43-17-18-5-6-18/h7-10,12-13,15-16,18,24,27,31H,3-6,11,14,17H2,1-2H3/p+1/t24-,27-/m0/s1. The van der Waals surface area contributed by atoms with Crippen molar-refractivity contribution in [3.05, 3.63) is 70.0 Å². The van der Waals surface area contributed by atoms with Crippen molar-refractivity contribution in [3.8, 4) is 23.0 Å². The van der Waals surface area contributed by atoms with Crippen molar-refractivity contribution in [2.24, 2.45) is 5.92 Å². The summed E-state index contributed by atoms with van der Waals surface area (Å²) in [5.41, 5.74) is 0.836. The van der Waals surface area contributed by atoms with E-state index in [1.165, 1.54) is 63.0 Å². The predicted molar refractivity (Wildman–Crippen MR) is 163 cm³/mol. The minimum absolute atomic E-state index is 0.00957. The van der Waals surface area contributed by atoms with Gasteiger partial charge in [-0.1, -0.05) is 29.3 Å². The van der Waals surface area contributed by atoms with E-state index in [2.05, 4.69) is 9.72 Å². The second-order valence-electron chi connectivity index (χ2n) is 10.9. The minimum Gasteiger partial charge on any atom is -0.493 e. The van der Waals surface area contributed by atoms with Crippen LogP contribution in [0.5, 0.6) is 23.0 Å². The molecule has 0 unspecified atom stereocenters. The summed E-state index contributed by atoms with van der Waals surface area (Å²) in [6.07, 6.45) is 4.54. The highest BCUT2D eigenvalue weighted by Crippen LogP contribution is 2.39. The van der Waals surface area contributed by atoms with Crippen molar-refractivity contribution in [1.82, 2.24) is 4.31 Å². The molecule has 1 aromatic heterocycles. The Hall–Kier alpha value is -3.39. The summed E-state index contributed by atoms with van der Waals surface area (Å²) in [7, 11) is -1.33. The van der Waals surface area contributed by atoms with Crippen molar-refractivity contribution in [2.75, 3.05) is 27.4 Å². The molecule has 0 spiro atoms. The van der Waals surface area contributed by atoms with Gasteiger partial charge in [0.15, 0.2) is 35.4 Å². The van der Waals surface area contributed by atoms with Gasteiger partial charge in [0.2, 0.25) is 10.0 Å². The van der Waals surface area contributed by atoms with Gasteiger partial charge < -0.3 is 23.7 Å². The third-order valence-electron chi connectivity index (χ3n) is 7.81. The molecule has 1 saturated carbocycles. The Morgan fingerprint density at radius 1 is 0.978 bits per heavy atom. The Labute approximate surface area is 275 Å². The van der Waals surface area contributed by atoms with Crippen LogP contribution >= 0.6 is 23.2 Å². The highest BCUT2D eigenvalue weighted by molar-refractivity contribution is 7.89. The van der Waals surface area contributed by atoms with E-state index < -0.39 is 34.7 Å². The number of hydrogen-bond acceptors (Lipinski definition) is 8. The molecule has 46 heavy (non-hydrogen) atoms. The maximum absolute atomic E-state index is 13.8. The number of nitrogens with one attached hydrogen (secondary N) is 1. The molecule has 0 bridgehead atoms. The minimum atomic E-state index is -4.15. The smallest absolute Gasteiger partial charge is 0.387 e. The lowest BCUT2D eigenvalue weighted by atomic mass is 10.0. The molecule has 0 amide bonds. The number of ether oxygens (including phenoxy) is 5. The van der Waals surface area contributed by atoms with Gasteiger partial charge in [-0.15, -0.1) is 0 Å². The normalized spacial score (nSPS) is 17.5. The average Bonchev–Trinajstić information content (AvgIpc) is 3.72.